The lowest BCUT2D eigenvalue weighted by Gasteiger charge is -2.19. The Morgan fingerprint density at radius 3 is 1.50 bits per heavy atom. The molecular weight excluding hydrogens is 248 g/mol. The number of ether oxygens (including phenoxy) is 2. The highest BCUT2D eigenvalue weighted by molar-refractivity contribution is 5.10. The first-order valence-corrected chi connectivity index (χ1v) is 8.40. The van der Waals surface area contributed by atoms with Crippen LogP contribution in [0.1, 0.15) is 25.7 Å². The molecule has 0 amide bonds. The van der Waals surface area contributed by atoms with Gasteiger partial charge < -0.3 is 9.47 Å². The van der Waals surface area contributed by atoms with Crippen molar-refractivity contribution in [2.75, 3.05) is 26.4 Å². The van der Waals surface area contributed by atoms with Gasteiger partial charge in [0.25, 0.3) is 0 Å². The van der Waals surface area contributed by atoms with E-state index in [0.717, 1.165) is 61.9 Å². The molecule has 0 aromatic carbocycles. The molecule has 0 radical (unpaired) electrons. The average Bonchev–Trinajstić information content (AvgIpc) is 3.21. The lowest BCUT2D eigenvalue weighted by molar-refractivity contribution is 0.0161. The molecule has 2 heteroatoms. The van der Waals surface area contributed by atoms with E-state index in [1.807, 2.05) is 0 Å². The van der Waals surface area contributed by atoms with Crippen molar-refractivity contribution in [3.05, 3.63) is 24.3 Å². The topological polar surface area (TPSA) is 18.5 Å². The summed E-state index contributed by atoms with van der Waals surface area (Å²) in [7, 11) is 0. The van der Waals surface area contributed by atoms with Gasteiger partial charge in [-0.05, 0) is 61.2 Å². The van der Waals surface area contributed by atoms with Crippen LogP contribution in [0.15, 0.2) is 24.3 Å². The SMILES string of the molecule is C1=CC2CC1CC2COCCOCC1CC2C=C[C@H]1C2. The molecule has 2 nitrogen and oxygen atoms in total. The van der Waals surface area contributed by atoms with Crippen LogP contribution in [0, 0.1) is 35.5 Å². The van der Waals surface area contributed by atoms with Gasteiger partial charge in [-0.1, -0.05) is 24.3 Å². The van der Waals surface area contributed by atoms with Gasteiger partial charge in [-0.3, -0.25) is 0 Å². The molecule has 2 fully saturated rings. The van der Waals surface area contributed by atoms with Crippen LogP contribution in [0.2, 0.25) is 0 Å². The summed E-state index contributed by atoms with van der Waals surface area (Å²) in [6.07, 6.45) is 15.0. The maximum absolute atomic E-state index is 5.82. The van der Waals surface area contributed by atoms with Gasteiger partial charge in [-0.25, -0.2) is 0 Å². The first kappa shape index (κ1) is 13.1. The minimum atomic E-state index is 0.772. The number of allylic oxidation sites excluding steroid dienone is 4. The highest BCUT2D eigenvalue weighted by atomic mass is 16.5. The second-order valence-corrected chi connectivity index (χ2v) is 7.23. The summed E-state index contributed by atoms with van der Waals surface area (Å²) in [4.78, 5) is 0. The minimum Gasteiger partial charge on any atom is -0.379 e. The van der Waals surface area contributed by atoms with E-state index >= 15 is 0 Å². The maximum Gasteiger partial charge on any atom is 0.0700 e. The largest absolute Gasteiger partial charge is 0.379 e. The summed E-state index contributed by atoms with van der Waals surface area (Å²) in [6, 6.07) is 0. The smallest absolute Gasteiger partial charge is 0.0700 e. The molecular formula is C18H26O2. The van der Waals surface area contributed by atoms with Crippen LogP contribution < -0.4 is 0 Å². The quantitative estimate of drug-likeness (QED) is 0.523. The molecule has 4 bridgehead atoms. The average molecular weight is 274 g/mol. The fourth-order valence-corrected chi connectivity index (χ4v) is 4.76. The Bertz CT molecular complexity index is 362. The van der Waals surface area contributed by atoms with E-state index in [1.165, 1.54) is 25.7 Å². The van der Waals surface area contributed by atoms with E-state index in [9.17, 15) is 0 Å². The van der Waals surface area contributed by atoms with E-state index < -0.39 is 0 Å². The first-order chi connectivity index (χ1) is 9.88. The Morgan fingerprint density at radius 1 is 0.650 bits per heavy atom. The fourth-order valence-electron chi connectivity index (χ4n) is 4.76. The van der Waals surface area contributed by atoms with Gasteiger partial charge in [0.05, 0.1) is 26.4 Å². The molecule has 2 saturated carbocycles. The van der Waals surface area contributed by atoms with Crippen molar-refractivity contribution in [3.8, 4) is 0 Å². The zero-order valence-corrected chi connectivity index (χ0v) is 12.2. The van der Waals surface area contributed by atoms with Gasteiger partial charge in [0.2, 0.25) is 0 Å². The van der Waals surface area contributed by atoms with Gasteiger partial charge in [-0.15, -0.1) is 0 Å². The monoisotopic (exact) mass is 274 g/mol. The molecule has 4 rings (SSSR count). The molecule has 4 aliphatic carbocycles. The molecule has 0 heterocycles. The number of fused-ring (bicyclic) bond motifs is 4. The summed E-state index contributed by atoms with van der Waals surface area (Å²) in [6.45, 7) is 3.42. The molecule has 20 heavy (non-hydrogen) atoms. The Hall–Kier alpha value is -0.600. The molecule has 0 N–H and O–H groups in total. The van der Waals surface area contributed by atoms with Crippen LogP contribution in [0.3, 0.4) is 0 Å². The second-order valence-electron chi connectivity index (χ2n) is 7.23. The molecule has 110 valence electrons. The van der Waals surface area contributed by atoms with Gasteiger partial charge in [0.1, 0.15) is 0 Å². The standard InChI is InChI=1S/C18H26O2/c1-3-15-7-13(1)9-17(15)11-19-5-6-20-12-18-10-14-2-4-16(18)8-14/h1-4,13-18H,5-12H2/t13?,14?,15-,16?,17?,18?/m0/s1. The van der Waals surface area contributed by atoms with E-state index in [2.05, 4.69) is 24.3 Å². The van der Waals surface area contributed by atoms with Crippen LogP contribution in [0.4, 0.5) is 0 Å². The van der Waals surface area contributed by atoms with E-state index in [0.29, 0.717) is 0 Å². The normalized spacial score (nSPS) is 44.0. The second kappa shape index (κ2) is 5.65. The number of hydrogen-bond acceptors (Lipinski definition) is 2. The molecule has 0 aromatic rings. The molecule has 0 spiro atoms. The fraction of sp³-hybridized carbons (Fsp3) is 0.778. The minimum absolute atomic E-state index is 0.772. The highest BCUT2D eigenvalue weighted by Crippen LogP contribution is 2.44. The van der Waals surface area contributed by atoms with E-state index in [1.54, 1.807) is 0 Å². The molecule has 5 unspecified atom stereocenters. The van der Waals surface area contributed by atoms with E-state index in [4.69, 9.17) is 9.47 Å². The van der Waals surface area contributed by atoms with Crippen LogP contribution in [0.5, 0.6) is 0 Å². The summed E-state index contributed by atoms with van der Waals surface area (Å²) in [5, 5.41) is 0. The highest BCUT2D eigenvalue weighted by Gasteiger charge is 2.36. The summed E-state index contributed by atoms with van der Waals surface area (Å²) >= 11 is 0. The van der Waals surface area contributed by atoms with Crippen molar-refractivity contribution in [1.29, 1.82) is 0 Å². The zero-order chi connectivity index (χ0) is 13.4. The summed E-state index contributed by atoms with van der Waals surface area (Å²) in [5.74, 6) is 4.89. The van der Waals surface area contributed by atoms with Crippen molar-refractivity contribution in [1.82, 2.24) is 0 Å². The van der Waals surface area contributed by atoms with Crippen molar-refractivity contribution in [2.24, 2.45) is 35.5 Å². The Balaban J connectivity index is 1.07. The van der Waals surface area contributed by atoms with Gasteiger partial charge in [0.15, 0.2) is 0 Å². The van der Waals surface area contributed by atoms with Crippen LogP contribution in [-0.4, -0.2) is 26.4 Å². The lowest BCUT2D eigenvalue weighted by atomic mass is 9.94. The van der Waals surface area contributed by atoms with Crippen molar-refractivity contribution < 1.29 is 9.47 Å². The van der Waals surface area contributed by atoms with E-state index in [-0.39, 0.29) is 0 Å². The van der Waals surface area contributed by atoms with Crippen LogP contribution in [-0.2, 0) is 9.47 Å². The molecule has 6 atom stereocenters. The Labute approximate surface area is 122 Å². The third-order valence-corrected chi connectivity index (χ3v) is 5.87. The van der Waals surface area contributed by atoms with Crippen molar-refractivity contribution in [3.63, 3.8) is 0 Å². The predicted octanol–water partition coefficient (Wildman–Crippen LogP) is 3.44. The third-order valence-electron chi connectivity index (χ3n) is 5.87. The molecule has 0 saturated heterocycles. The Kier molecular flexibility index (Phi) is 3.70. The molecule has 4 aliphatic rings. The van der Waals surface area contributed by atoms with Crippen LogP contribution >= 0.6 is 0 Å². The van der Waals surface area contributed by atoms with Crippen molar-refractivity contribution >= 4 is 0 Å². The summed E-state index contributed by atoms with van der Waals surface area (Å²) in [5.41, 5.74) is 0. The predicted molar refractivity (Wildman–Crippen MR) is 79.3 cm³/mol. The van der Waals surface area contributed by atoms with Gasteiger partial charge >= 0.3 is 0 Å². The zero-order valence-electron chi connectivity index (χ0n) is 12.2. The van der Waals surface area contributed by atoms with Crippen molar-refractivity contribution in [2.45, 2.75) is 25.7 Å². The molecule has 0 aromatic heterocycles. The Morgan fingerprint density at radius 2 is 1.15 bits per heavy atom. The van der Waals surface area contributed by atoms with Crippen LogP contribution in [0.25, 0.3) is 0 Å². The summed E-state index contributed by atoms with van der Waals surface area (Å²) < 4.78 is 11.6. The van der Waals surface area contributed by atoms with Gasteiger partial charge in [0, 0.05) is 0 Å². The maximum atomic E-state index is 5.82. The third kappa shape index (κ3) is 2.60. The lowest BCUT2D eigenvalue weighted by Crippen LogP contribution is -2.19. The first-order valence-electron chi connectivity index (χ1n) is 8.40. The van der Waals surface area contributed by atoms with Gasteiger partial charge in [-0.2, -0.15) is 0 Å². The number of rotatable bonds is 7. The number of hydrogen-bond donors (Lipinski definition) is 0. The molecule has 0 aliphatic heterocycles.